The number of nitrogens with zero attached hydrogens (tertiary/aromatic N) is 5. The number of anilines is 2. The number of aliphatic carboxylic acids is 1. The van der Waals surface area contributed by atoms with Gasteiger partial charge in [-0.15, -0.1) is 10.2 Å². The molecule has 0 unspecified atom stereocenters. The Balaban J connectivity index is 1.66. The van der Waals surface area contributed by atoms with Crippen molar-refractivity contribution >= 4 is 38.4 Å². The minimum atomic E-state index is -4.11. The van der Waals surface area contributed by atoms with Gasteiger partial charge in [-0.3, -0.25) is 13.7 Å². The molecule has 0 aliphatic carbocycles. The Hall–Kier alpha value is -3.96. The average Bonchev–Trinajstić information content (AvgIpc) is 3.25. The molecule has 0 aliphatic rings. The van der Waals surface area contributed by atoms with E-state index in [-0.39, 0.29) is 10.6 Å². The van der Waals surface area contributed by atoms with Crippen molar-refractivity contribution in [2.45, 2.75) is 18.7 Å². The van der Waals surface area contributed by atoms with Crippen molar-refractivity contribution in [2.75, 3.05) is 43.4 Å². The number of aromatic nitrogens is 3. The van der Waals surface area contributed by atoms with Crippen LogP contribution in [0.3, 0.4) is 0 Å². The third-order valence-electron chi connectivity index (χ3n) is 5.79. The summed E-state index contributed by atoms with van der Waals surface area (Å²) in [5.74, 6) is 0.0246. The molecule has 0 bridgehead atoms. The van der Waals surface area contributed by atoms with Crippen LogP contribution in [0, 0.1) is 13.8 Å². The van der Waals surface area contributed by atoms with Crippen LogP contribution in [0.4, 0.5) is 11.5 Å². The van der Waals surface area contributed by atoms with Crippen molar-refractivity contribution in [1.82, 2.24) is 19.7 Å². The topological polar surface area (TPSA) is 121 Å². The van der Waals surface area contributed by atoms with Gasteiger partial charge < -0.3 is 15.3 Å². The molecule has 2 aromatic carbocycles. The second-order valence-corrected chi connectivity index (χ2v) is 11.0. The number of sulfonamides is 1. The summed E-state index contributed by atoms with van der Waals surface area (Å²) >= 11 is 0. The first-order valence-corrected chi connectivity index (χ1v) is 13.2. The van der Waals surface area contributed by atoms with Gasteiger partial charge in [0.2, 0.25) is 0 Å². The lowest BCUT2D eigenvalue weighted by molar-refractivity contribution is -0.135. The van der Waals surface area contributed by atoms with E-state index in [1.54, 1.807) is 44.2 Å². The molecule has 4 aromatic rings. The van der Waals surface area contributed by atoms with Crippen LogP contribution in [0.25, 0.3) is 16.7 Å². The van der Waals surface area contributed by atoms with Crippen LogP contribution in [0.2, 0.25) is 0 Å². The van der Waals surface area contributed by atoms with Crippen LogP contribution in [-0.4, -0.2) is 72.9 Å². The summed E-state index contributed by atoms with van der Waals surface area (Å²) in [5.41, 5.74) is 2.60. The molecule has 11 heteroatoms. The van der Waals surface area contributed by atoms with Crippen molar-refractivity contribution in [2.24, 2.45) is 0 Å². The predicted octanol–water partition coefficient (Wildman–Crippen LogP) is 3.29. The van der Waals surface area contributed by atoms with Gasteiger partial charge in [-0.1, -0.05) is 6.07 Å². The number of fused-ring (bicyclic) bond motifs is 1. The molecule has 0 fully saturated rings. The Morgan fingerprint density at radius 3 is 2.35 bits per heavy atom. The van der Waals surface area contributed by atoms with Gasteiger partial charge in [0.1, 0.15) is 12.4 Å². The van der Waals surface area contributed by atoms with Crippen molar-refractivity contribution in [1.29, 1.82) is 0 Å². The van der Waals surface area contributed by atoms with Crippen LogP contribution in [-0.2, 0) is 14.8 Å². The van der Waals surface area contributed by atoms with E-state index in [1.807, 2.05) is 49.1 Å². The fourth-order valence-electron chi connectivity index (χ4n) is 4.09. The minimum absolute atomic E-state index is 0.0541. The zero-order valence-electron chi connectivity index (χ0n) is 21.2. The highest BCUT2D eigenvalue weighted by Crippen LogP contribution is 2.29. The maximum absolute atomic E-state index is 13.5. The van der Waals surface area contributed by atoms with Gasteiger partial charge >= 0.3 is 5.97 Å². The predicted molar refractivity (Wildman–Crippen MR) is 144 cm³/mol. The highest BCUT2D eigenvalue weighted by molar-refractivity contribution is 7.92. The molecule has 0 atom stereocenters. The largest absolute Gasteiger partial charge is 0.480 e. The second kappa shape index (κ2) is 10.6. The number of nitrogens with one attached hydrogen (secondary N) is 1. The Labute approximate surface area is 216 Å². The van der Waals surface area contributed by atoms with E-state index < -0.39 is 22.5 Å². The molecular formula is C26H30N6O4S. The number of benzene rings is 2. The smallest absolute Gasteiger partial charge is 0.324 e. The lowest BCUT2D eigenvalue weighted by Gasteiger charge is -2.23. The lowest BCUT2D eigenvalue weighted by atomic mass is 10.2. The molecule has 2 N–H and O–H groups in total. The summed E-state index contributed by atoms with van der Waals surface area (Å²) in [6.07, 6.45) is 1.82. The third-order valence-corrected chi connectivity index (χ3v) is 7.54. The molecule has 2 aromatic heterocycles. The number of rotatable bonds is 10. The van der Waals surface area contributed by atoms with Gasteiger partial charge in [-0.2, -0.15) is 0 Å². The van der Waals surface area contributed by atoms with E-state index in [4.69, 9.17) is 0 Å². The molecule has 0 aliphatic heterocycles. The highest BCUT2D eigenvalue weighted by atomic mass is 32.2. The van der Waals surface area contributed by atoms with Gasteiger partial charge in [0.25, 0.3) is 10.0 Å². The number of hydrogen-bond acceptors (Lipinski definition) is 7. The first-order chi connectivity index (χ1) is 17.5. The SMILES string of the molecule is Cc1cc(C)cc(S(=O)(=O)N(CC(=O)O)c2ccc3c(ccn3-c3ccc(NCCN(C)C)nn3)c2)c1. The van der Waals surface area contributed by atoms with Crippen LogP contribution in [0.1, 0.15) is 11.1 Å². The van der Waals surface area contributed by atoms with Gasteiger partial charge in [-0.25, -0.2) is 8.42 Å². The molecule has 194 valence electrons. The summed E-state index contributed by atoms with van der Waals surface area (Å²) in [4.78, 5) is 13.8. The first-order valence-electron chi connectivity index (χ1n) is 11.7. The first kappa shape index (κ1) is 26.1. The van der Waals surface area contributed by atoms with Crippen molar-refractivity contribution in [3.05, 3.63) is 71.9 Å². The fourth-order valence-corrected chi connectivity index (χ4v) is 5.68. The van der Waals surface area contributed by atoms with E-state index in [9.17, 15) is 18.3 Å². The maximum Gasteiger partial charge on any atom is 0.324 e. The Morgan fingerprint density at radius 1 is 1.00 bits per heavy atom. The van der Waals surface area contributed by atoms with Crippen molar-refractivity contribution in [3.8, 4) is 5.82 Å². The minimum Gasteiger partial charge on any atom is -0.480 e. The van der Waals surface area contributed by atoms with Gasteiger partial charge in [0.05, 0.1) is 16.1 Å². The average molecular weight is 523 g/mol. The van der Waals surface area contributed by atoms with Crippen LogP contribution in [0.15, 0.2) is 65.7 Å². The Kier molecular flexibility index (Phi) is 7.46. The molecule has 0 radical (unpaired) electrons. The molecule has 2 heterocycles. The number of likely N-dealkylation sites (N-methyl/N-ethyl adjacent to an activating group) is 1. The molecule has 0 amide bonds. The van der Waals surface area contributed by atoms with Crippen molar-refractivity contribution in [3.63, 3.8) is 0 Å². The third kappa shape index (κ3) is 5.89. The summed E-state index contributed by atoms with van der Waals surface area (Å²) in [6, 6.07) is 15.5. The fraction of sp³-hybridized carbons (Fsp3) is 0.269. The summed E-state index contributed by atoms with van der Waals surface area (Å²) in [7, 11) is -0.115. The molecule has 0 saturated heterocycles. The molecular weight excluding hydrogens is 492 g/mol. The van der Waals surface area contributed by atoms with Crippen molar-refractivity contribution < 1.29 is 18.3 Å². The normalized spacial score (nSPS) is 11.7. The quantitative estimate of drug-likeness (QED) is 0.326. The van der Waals surface area contributed by atoms with Crippen LogP contribution in [0.5, 0.6) is 0 Å². The van der Waals surface area contributed by atoms with Gasteiger partial charge in [0, 0.05) is 24.7 Å². The van der Waals surface area contributed by atoms with E-state index in [0.29, 0.717) is 11.6 Å². The highest BCUT2D eigenvalue weighted by Gasteiger charge is 2.28. The zero-order chi connectivity index (χ0) is 26.7. The van der Waals surface area contributed by atoms with E-state index in [2.05, 4.69) is 20.4 Å². The second-order valence-electron chi connectivity index (χ2n) is 9.16. The summed E-state index contributed by atoms with van der Waals surface area (Å²) in [6.45, 7) is 4.52. The number of carbonyl (C=O) groups is 1. The molecule has 0 spiro atoms. The number of hydrogen-bond donors (Lipinski definition) is 2. The molecule has 0 saturated carbocycles. The molecule has 10 nitrogen and oxygen atoms in total. The number of carboxylic acid groups (broad SMARTS) is 1. The zero-order valence-corrected chi connectivity index (χ0v) is 22.0. The van der Waals surface area contributed by atoms with E-state index in [1.165, 1.54) is 0 Å². The Bertz CT molecular complexity index is 1510. The standard InChI is InChI=1S/C26H30N6O4S/c1-18-13-19(2)15-22(14-18)37(35,36)32(17-26(33)34)21-5-6-23-20(16-21)9-11-31(23)25-8-7-24(28-29-25)27-10-12-30(3)4/h5-9,11,13-16H,10,12,17H2,1-4H3,(H,27,28)(H,33,34). The molecule has 37 heavy (non-hydrogen) atoms. The van der Waals surface area contributed by atoms with Crippen LogP contribution >= 0.6 is 0 Å². The monoisotopic (exact) mass is 522 g/mol. The van der Waals surface area contributed by atoms with Gasteiger partial charge in [0.15, 0.2) is 5.82 Å². The summed E-state index contributed by atoms with van der Waals surface area (Å²) < 4.78 is 29.8. The Morgan fingerprint density at radius 2 is 1.73 bits per heavy atom. The van der Waals surface area contributed by atoms with Crippen LogP contribution < -0.4 is 9.62 Å². The number of carboxylic acids is 1. The number of aryl methyl sites for hydroxylation is 2. The van der Waals surface area contributed by atoms with Gasteiger partial charge in [-0.05, 0) is 87.6 Å². The summed E-state index contributed by atoms with van der Waals surface area (Å²) in [5, 5.41) is 22.0. The lowest BCUT2D eigenvalue weighted by Crippen LogP contribution is -2.35. The molecule has 4 rings (SSSR count). The van der Waals surface area contributed by atoms with E-state index in [0.717, 1.165) is 39.4 Å². The van der Waals surface area contributed by atoms with E-state index >= 15 is 0 Å². The maximum atomic E-state index is 13.5.